The van der Waals surface area contributed by atoms with E-state index < -0.39 is 75.2 Å². The third-order valence-corrected chi connectivity index (χ3v) is 12.9. The van der Waals surface area contributed by atoms with Crippen LogP contribution < -0.4 is 5.32 Å². The van der Waals surface area contributed by atoms with E-state index in [1.54, 1.807) is 6.08 Å². The number of phosphoric acid groups is 1. The Balaban J connectivity index is 2.28. The zero-order valence-electron chi connectivity index (χ0n) is 39.7. The number of aliphatic hydroxyl groups excluding tert-OH is 7. The van der Waals surface area contributed by atoms with E-state index in [-0.39, 0.29) is 6.42 Å². The molecule has 0 bridgehead atoms. The number of rotatable bonds is 41. The summed E-state index contributed by atoms with van der Waals surface area (Å²) in [5.74, 6) is -0.609. The standard InChI is InChI=1S/C50H92NO12P/c1-3-5-7-9-11-12-13-14-15-16-17-18-19-20-21-22-23-24-25-26-27-28-29-30-32-33-35-37-41(52)39-44(54)51-42(43(53)38-36-34-31-10-8-6-4-2)40-62-64(60,61)63-50-48(58)46(56)45(55)47(57)49(50)59/h8,10,17-18,20-21,36,38,41-43,45-50,52-53,55-59H,3-7,9,11-16,19,22-35,37,39-40H2,1-2H3,(H,51,54)(H,60,61)/b10-8+,18-17-,21-20-,38-36+. The number of hydrogen-bond acceptors (Lipinski definition) is 11. The Morgan fingerprint density at radius 3 is 1.52 bits per heavy atom. The summed E-state index contributed by atoms with van der Waals surface area (Å²) in [5, 5.41) is 74.2. The van der Waals surface area contributed by atoms with Crippen LogP contribution in [0.25, 0.3) is 0 Å². The first kappa shape index (κ1) is 60.3. The van der Waals surface area contributed by atoms with Crippen LogP contribution in [0.3, 0.4) is 0 Å². The van der Waals surface area contributed by atoms with E-state index in [0.717, 1.165) is 51.4 Å². The van der Waals surface area contributed by atoms with Crippen LogP contribution >= 0.6 is 7.82 Å². The predicted octanol–water partition coefficient (Wildman–Crippen LogP) is 9.09. The fourth-order valence-corrected chi connectivity index (χ4v) is 8.73. The van der Waals surface area contributed by atoms with Crippen molar-refractivity contribution in [2.75, 3.05) is 6.61 Å². The molecule has 1 aliphatic rings. The van der Waals surface area contributed by atoms with Gasteiger partial charge in [-0.2, -0.15) is 0 Å². The van der Waals surface area contributed by atoms with Crippen molar-refractivity contribution in [1.29, 1.82) is 0 Å². The van der Waals surface area contributed by atoms with E-state index in [4.69, 9.17) is 9.05 Å². The largest absolute Gasteiger partial charge is 0.472 e. The number of unbranched alkanes of at least 4 members (excludes halogenated alkanes) is 22. The Hall–Kier alpha value is -1.74. The lowest BCUT2D eigenvalue weighted by Gasteiger charge is -2.41. The van der Waals surface area contributed by atoms with Crippen molar-refractivity contribution in [3.8, 4) is 0 Å². The second-order valence-electron chi connectivity index (χ2n) is 17.8. The van der Waals surface area contributed by atoms with Gasteiger partial charge in [0, 0.05) is 0 Å². The van der Waals surface area contributed by atoms with E-state index in [0.29, 0.717) is 12.8 Å². The lowest BCUT2D eigenvalue weighted by molar-refractivity contribution is -0.220. The van der Waals surface area contributed by atoms with Gasteiger partial charge in [0.1, 0.15) is 36.6 Å². The van der Waals surface area contributed by atoms with Gasteiger partial charge >= 0.3 is 7.82 Å². The zero-order chi connectivity index (χ0) is 47.3. The Kier molecular flexibility index (Phi) is 37.0. The molecule has 0 heterocycles. The van der Waals surface area contributed by atoms with Gasteiger partial charge in [-0.05, 0) is 57.8 Å². The molecule has 0 radical (unpaired) electrons. The van der Waals surface area contributed by atoms with Crippen LogP contribution in [-0.2, 0) is 18.4 Å². The highest BCUT2D eigenvalue weighted by molar-refractivity contribution is 7.47. The van der Waals surface area contributed by atoms with Gasteiger partial charge in [0.25, 0.3) is 0 Å². The highest BCUT2D eigenvalue weighted by atomic mass is 31.2. The lowest BCUT2D eigenvalue weighted by atomic mass is 9.85. The van der Waals surface area contributed by atoms with Crippen molar-refractivity contribution < 1.29 is 59.0 Å². The second-order valence-corrected chi connectivity index (χ2v) is 19.2. The number of carbonyl (C=O) groups excluding carboxylic acids is 1. The SMILES string of the molecule is CCC/C=C/CC/C=C/C(O)C(COP(=O)(O)OC1C(O)C(O)C(O)C(O)C1O)NC(=O)CC(O)CCCCCCCCCCCCC/C=C\C/C=C\CCCCCCCCCCC. The zero-order valence-corrected chi connectivity index (χ0v) is 40.6. The molecule has 1 aliphatic carbocycles. The average Bonchev–Trinajstić information content (AvgIpc) is 3.27. The molecule has 1 amide bonds. The Morgan fingerprint density at radius 2 is 1.00 bits per heavy atom. The van der Waals surface area contributed by atoms with Gasteiger partial charge in [0.2, 0.25) is 5.91 Å². The Morgan fingerprint density at radius 1 is 0.562 bits per heavy atom. The molecule has 374 valence electrons. The summed E-state index contributed by atoms with van der Waals surface area (Å²) < 4.78 is 22.7. The third-order valence-electron chi connectivity index (χ3n) is 11.9. The van der Waals surface area contributed by atoms with Gasteiger partial charge in [-0.1, -0.05) is 184 Å². The maximum Gasteiger partial charge on any atom is 0.472 e. The van der Waals surface area contributed by atoms with E-state index in [1.165, 1.54) is 122 Å². The number of carbonyl (C=O) groups is 1. The maximum absolute atomic E-state index is 12.9. The van der Waals surface area contributed by atoms with Crippen LogP contribution in [-0.4, -0.2) is 108 Å². The number of amides is 1. The molecule has 0 aromatic heterocycles. The topological polar surface area (TPSA) is 226 Å². The van der Waals surface area contributed by atoms with Gasteiger partial charge in [-0.25, -0.2) is 4.57 Å². The van der Waals surface area contributed by atoms with Gasteiger partial charge in [0.05, 0.1) is 31.3 Å². The molecular formula is C50H92NO12P. The van der Waals surface area contributed by atoms with E-state index >= 15 is 0 Å². The van der Waals surface area contributed by atoms with Gasteiger partial charge < -0.3 is 46.0 Å². The minimum absolute atomic E-state index is 0.256. The van der Waals surface area contributed by atoms with E-state index in [9.17, 15) is 50.0 Å². The Labute approximate surface area is 387 Å². The summed E-state index contributed by atoms with van der Waals surface area (Å²) >= 11 is 0. The Bertz CT molecular complexity index is 1280. The van der Waals surface area contributed by atoms with Crippen molar-refractivity contribution in [2.24, 2.45) is 0 Å². The molecule has 1 rings (SSSR count). The molecule has 0 aliphatic heterocycles. The first-order chi connectivity index (χ1) is 30.8. The lowest BCUT2D eigenvalue weighted by Crippen LogP contribution is -2.64. The summed E-state index contributed by atoms with van der Waals surface area (Å²) in [6.45, 7) is 3.60. The third kappa shape index (κ3) is 30.5. The molecule has 64 heavy (non-hydrogen) atoms. The van der Waals surface area contributed by atoms with Gasteiger partial charge in [-0.15, -0.1) is 0 Å². The summed E-state index contributed by atoms with van der Waals surface area (Å²) in [6.07, 6.45) is 34.2. The number of aliphatic hydroxyl groups is 7. The predicted molar refractivity (Wildman–Crippen MR) is 256 cm³/mol. The molecule has 14 heteroatoms. The molecule has 0 aromatic carbocycles. The van der Waals surface area contributed by atoms with Crippen molar-refractivity contribution in [3.05, 3.63) is 48.6 Å². The first-order valence-corrected chi connectivity index (χ1v) is 26.7. The van der Waals surface area contributed by atoms with Crippen molar-refractivity contribution in [2.45, 2.75) is 255 Å². The number of nitrogens with one attached hydrogen (secondary N) is 1. The molecule has 1 saturated carbocycles. The number of hydrogen-bond donors (Lipinski definition) is 9. The quantitative estimate of drug-likeness (QED) is 0.0159. The number of phosphoric ester groups is 1. The summed E-state index contributed by atoms with van der Waals surface area (Å²) in [4.78, 5) is 23.3. The second kappa shape index (κ2) is 39.3. The van der Waals surface area contributed by atoms with Gasteiger partial charge in [-0.3, -0.25) is 13.8 Å². The highest BCUT2D eigenvalue weighted by Gasteiger charge is 2.51. The summed E-state index contributed by atoms with van der Waals surface area (Å²) in [5.41, 5.74) is 0. The van der Waals surface area contributed by atoms with Crippen LogP contribution in [0.15, 0.2) is 48.6 Å². The monoisotopic (exact) mass is 930 g/mol. The van der Waals surface area contributed by atoms with Crippen molar-refractivity contribution >= 4 is 13.7 Å². The maximum atomic E-state index is 12.9. The first-order valence-electron chi connectivity index (χ1n) is 25.2. The van der Waals surface area contributed by atoms with Crippen LogP contribution in [0.1, 0.15) is 200 Å². The molecule has 1 fully saturated rings. The van der Waals surface area contributed by atoms with Crippen LogP contribution in [0.2, 0.25) is 0 Å². The summed E-state index contributed by atoms with van der Waals surface area (Å²) in [7, 11) is -5.14. The van der Waals surface area contributed by atoms with Crippen molar-refractivity contribution in [3.63, 3.8) is 0 Å². The van der Waals surface area contributed by atoms with Crippen molar-refractivity contribution in [1.82, 2.24) is 5.32 Å². The fraction of sp³-hybridized carbons (Fsp3) is 0.820. The highest BCUT2D eigenvalue weighted by Crippen LogP contribution is 2.47. The van der Waals surface area contributed by atoms with Crippen LogP contribution in [0.4, 0.5) is 0 Å². The minimum atomic E-state index is -5.14. The molecule has 0 saturated heterocycles. The molecule has 0 spiro atoms. The average molecular weight is 930 g/mol. The molecular weight excluding hydrogens is 838 g/mol. The normalized spacial score (nSPS) is 23.1. The van der Waals surface area contributed by atoms with Gasteiger partial charge in [0.15, 0.2) is 0 Å². The smallest absolute Gasteiger partial charge is 0.393 e. The number of allylic oxidation sites excluding steroid dienone is 7. The molecule has 13 nitrogen and oxygen atoms in total. The molecule has 0 aromatic rings. The van der Waals surface area contributed by atoms with Crippen LogP contribution in [0.5, 0.6) is 0 Å². The van der Waals surface area contributed by atoms with Crippen LogP contribution in [0, 0.1) is 0 Å². The van der Waals surface area contributed by atoms with E-state index in [1.807, 2.05) is 6.08 Å². The fourth-order valence-electron chi connectivity index (χ4n) is 7.76. The minimum Gasteiger partial charge on any atom is -0.393 e. The molecule has 8 unspecified atom stereocenters. The van der Waals surface area contributed by atoms with E-state index in [2.05, 4.69) is 49.5 Å². The summed E-state index contributed by atoms with van der Waals surface area (Å²) in [6, 6.07) is -1.26. The molecule has 9 N–H and O–H groups in total. The molecule has 8 atom stereocenters.